The quantitative estimate of drug-likeness (QED) is 0.304. The lowest BCUT2D eigenvalue weighted by Crippen LogP contribution is -2.44. The molecule has 0 bridgehead atoms. The van der Waals surface area contributed by atoms with Gasteiger partial charge >= 0.3 is 0 Å². The normalized spacial score (nSPS) is 14.7. The van der Waals surface area contributed by atoms with Gasteiger partial charge in [-0.15, -0.1) is 24.0 Å². The number of nitrogens with one attached hydrogen (secondary N) is 2. The first kappa shape index (κ1) is 22.6. The summed E-state index contributed by atoms with van der Waals surface area (Å²) in [5, 5.41) is 11.2. The molecular formula is C16H26IN5O3S. The molecule has 1 heterocycles. The van der Waals surface area contributed by atoms with Crippen molar-refractivity contribution in [3.63, 3.8) is 0 Å². The summed E-state index contributed by atoms with van der Waals surface area (Å²) in [6.07, 6.45) is 2.11. The lowest BCUT2D eigenvalue weighted by molar-refractivity contribution is -0.128. The van der Waals surface area contributed by atoms with Crippen LogP contribution in [0.5, 0.6) is 0 Å². The SMILES string of the molecule is CCNC(=NCc1cccc(S(N)(=O)=O)c1)NCC(=O)N1CCCC1.I. The molecule has 1 aromatic rings. The second-order valence-corrected chi connectivity index (χ2v) is 7.39. The molecule has 26 heavy (non-hydrogen) atoms. The molecule has 146 valence electrons. The number of sulfonamides is 1. The first-order chi connectivity index (χ1) is 11.9. The third-order valence-electron chi connectivity index (χ3n) is 3.86. The maximum atomic E-state index is 12.1. The van der Waals surface area contributed by atoms with Gasteiger partial charge in [0, 0.05) is 19.6 Å². The topological polar surface area (TPSA) is 117 Å². The van der Waals surface area contributed by atoms with Crippen molar-refractivity contribution in [2.24, 2.45) is 10.1 Å². The number of hydrogen-bond acceptors (Lipinski definition) is 4. The molecule has 0 saturated carbocycles. The Morgan fingerprint density at radius 2 is 1.96 bits per heavy atom. The van der Waals surface area contributed by atoms with E-state index < -0.39 is 10.0 Å². The fraction of sp³-hybridized carbons (Fsp3) is 0.500. The Labute approximate surface area is 171 Å². The Morgan fingerprint density at radius 1 is 1.27 bits per heavy atom. The van der Waals surface area contributed by atoms with Crippen LogP contribution in [-0.4, -0.2) is 51.4 Å². The van der Waals surface area contributed by atoms with E-state index >= 15 is 0 Å². The summed E-state index contributed by atoms with van der Waals surface area (Å²) in [5.41, 5.74) is 0.717. The Bertz CT molecular complexity index is 733. The van der Waals surface area contributed by atoms with Crippen molar-refractivity contribution < 1.29 is 13.2 Å². The zero-order valence-corrected chi connectivity index (χ0v) is 17.9. The first-order valence-electron chi connectivity index (χ1n) is 8.32. The van der Waals surface area contributed by atoms with Crippen LogP contribution < -0.4 is 15.8 Å². The minimum Gasteiger partial charge on any atom is -0.357 e. The molecule has 2 rings (SSSR count). The highest BCUT2D eigenvalue weighted by Crippen LogP contribution is 2.10. The number of guanidine groups is 1. The molecule has 0 spiro atoms. The highest BCUT2D eigenvalue weighted by Gasteiger charge is 2.17. The maximum Gasteiger partial charge on any atom is 0.241 e. The molecule has 1 aromatic carbocycles. The van der Waals surface area contributed by atoms with Gasteiger partial charge in [-0.1, -0.05) is 12.1 Å². The van der Waals surface area contributed by atoms with Crippen LogP contribution in [0.1, 0.15) is 25.3 Å². The number of amides is 1. The summed E-state index contributed by atoms with van der Waals surface area (Å²) in [5.74, 6) is 0.565. The second-order valence-electron chi connectivity index (χ2n) is 5.83. The van der Waals surface area contributed by atoms with E-state index in [4.69, 9.17) is 5.14 Å². The average Bonchev–Trinajstić information content (AvgIpc) is 3.11. The molecule has 4 N–H and O–H groups in total. The van der Waals surface area contributed by atoms with Crippen molar-refractivity contribution in [3.8, 4) is 0 Å². The van der Waals surface area contributed by atoms with E-state index in [9.17, 15) is 13.2 Å². The van der Waals surface area contributed by atoms with E-state index in [2.05, 4.69) is 15.6 Å². The summed E-state index contributed by atoms with van der Waals surface area (Å²) in [4.78, 5) is 18.4. The molecule has 0 aromatic heterocycles. The van der Waals surface area contributed by atoms with Crippen molar-refractivity contribution in [1.29, 1.82) is 0 Å². The van der Waals surface area contributed by atoms with Crippen molar-refractivity contribution in [1.82, 2.24) is 15.5 Å². The van der Waals surface area contributed by atoms with Crippen molar-refractivity contribution >= 4 is 45.9 Å². The van der Waals surface area contributed by atoms with Crippen LogP contribution in [0.15, 0.2) is 34.2 Å². The number of rotatable bonds is 6. The van der Waals surface area contributed by atoms with Crippen molar-refractivity contribution in [2.45, 2.75) is 31.2 Å². The van der Waals surface area contributed by atoms with E-state index in [0.717, 1.165) is 31.5 Å². The standard InChI is InChI=1S/C16H25N5O3S.HI/c1-2-18-16(20-12-15(22)21-8-3-4-9-21)19-11-13-6-5-7-14(10-13)25(17,23)24;/h5-7,10H,2-4,8-9,11-12H2,1H3,(H2,17,23,24)(H2,18,19,20);1H. The van der Waals surface area contributed by atoms with Gasteiger partial charge in [0.05, 0.1) is 18.0 Å². The number of benzene rings is 1. The molecule has 8 nitrogen and oxygen atoms in total. The first-order valence-corrected chi connectivity index (χ1v) is 9.86. The largest absolute Gasteiger partial charge is 0.357 e. The van der Waals surface area contributed by atoms with Crippen LogP contribution >= 0.6 is 24.0 Å². The molecule has 1 saturated heterocycles. The van der Waals surface area contributed by atoms with Gasteiger partial charge < -0.3 is 15.5 Å². The van der Waals surface area contributed by atoms with E-state index in [1.807, 2.05) is 11.8 Å². The molecule has 10 heteroatoms. The van der Waals surface area contributed by atoms with Gasteiger partial charge in [0.25, 0.3) is 0 Å². The van der Waals surface area contributed by atoms with Crippen molar-refractivity contribution in [2.75, 3.05) is 26.2 Å². The molecular weight excluding hydrogens is 469 g/mol. The van der Waals surface area contributed by atoms with Gasteiger partial charge in [0.2, 0.25) is 15.9 Å². The fourth-order valence-corrected chi connectivity index (χ4v) is 3.15. The van der Waals surface area contributed by atoms with Crippen LogP contribution in [0.4, 0.5) is 0 Å². The molecule has 1 amide bonds. The molecule has 0 atom stereocenters. The third-order valence-corrected chi connectivity index (χ3v) is 4.77. The predicted molar refractivity (Wildman–Crippen MR) is 112 cm³/mol. The Balaban J connectivity index is 0.00000338. The van der Waals surface area contributed by atoms with Crippen LogP contribution in [-0.2, 0) is 21.4 Å². The molecule has 1 aliphatic rings. The number of hydrogen-bond donors (Lipinski definition) is 3. The summed E-state index contributed by atoms with van der Waals surface area (Å²) in [6.45, 7) is 4.67. The number of aliphatic imine (C=N–C) groups is 1. The minimum absolute atomic E-state index is 0. The number of halogens is 1. The van der Waals surface area contributed by atoms with Gasteiger partial charge in [-0.3, -0.25) is 4.79 Å². The van der Waals surface area contributed by atoms with Gasteiger partial charge in [-0.2, -0.15) is 0 Å². The molecule has 0 unspecified atom stereocenters. The number of carbonyl (C=O) groups is 1. The van der Waals surface area contributed by atoms with Gasteiger partial charge in [-0.25, -0.2) is 18.5 Å². The van der Waals surface area contributed by atoms with Gasteiger partial charge in [-0.05, 0) is 37.5 Å². The lowest BCUT2D eigenvalue weighted by atomic mass is 10.2. The fourth-order valence-electron chi connectivity index (χ4n) is 2.57. The summed E-state index contributed by atoms with van der Waals surface area (Å²) < 4.78 is 22.8. The minimum atomic E-state index is -3.73. The highest BCUT2D eigenvalue weighted by molar-refractivity contribution is 14.0. The Morgan fingerprint density at radius 3 is 2.58 bits per heavy atom. The molecule has 1 aliphatic heterocycles. The van der Waals surface area contributed by atoms with E-state index in [0.29, 0.717) is 12.5 Å². The monoisotopic (exact) mass is 495 g/mol. The zero-order chi connectivity index (χ0) is 18.3. The number of likely N-dealkylation sites (tertiary alicyclic amines) is 1. The number of nitrogens with two attached hydrogens (primary N) is 1. The van der Waals surface area contributed by atoms with Crippen molar-refractivity contribution in [3.05, 3.63) is 29.8 Å². The third kappa shape index (κ3) is 7.08. The number of primary sulfonamides is 1. The summed E-state index contributed by atoms with van der Waals surface area (Å²) in [7, 11) is -3.73. The van der Waals surface area contributed by atoms with Crippen LogP contribution in [0.2, 0.25) is 0 Å². The summed E-state index contributed by atoms with van der Waals surface area (Å²) >= 11 is 0. The van der Waals surface area contributed by atoms with Crippen LogP contribution in [0.3, 0.4) is 0 Å². The maximum absolute atomic E-state index is 12.1. The van der Waals surface area contributed by atoms with Crippen LogP contribution in [0.25, 0.3) is 0 Å². The zero-order valence-electron chi connectivity index (χ0n) is 14.8. The number of carbonyl (C=O) groups excluding carboxylic acids is 1. The number of nitrogens with zero attached hydrogens (tertiary/aromatic N) is 2. The van der Waals surface area contributed by atoms with Gasteiger partial charge in [0.15, 0.2) is 5.96 Å². The molecule has 1 fully saturated rings. The van der Waals surface area contributed by atoms with E-state index in [1.165, 1.54) is 12.1 Å². The lowest BCUT2D eigenvalue weighted by Gasteiger charge is -2.17. The Kier molecular flexibility index (Phi) is 9.30. The smallest absolute Gasteiger partial charge is 0.241 e. The Hall–Kier alpha value is -1.40. The predicted octanol–water partition coefficient (Wildman–Crippen LogP) is 0.630. The summed E-state index contributed by atoms with van der Waals surface area (Å²) in [6, 6.07) is 6.34. The van der Waals surface area contributed by atoms with E-state index in [1.54, 1.807) is 12.1 Å². The van der Waals surface area contributed by atoms with E-state index in [-0.39, 0.29) is 47.9 Å². The highest BCUT2D eigenvalue weighted by atomic mass is 127. The van der Waals surface area contributed by atoms with Gasteiger partial charge in [0.1, 0.15) is 0 Å². The molecule has 0 aliphatic carbocycles. The molecule has 0 radical (unpaired) electrons. The second kappa shape index (κ2) is 10.7. The average molecular weight is 495 g/mol. The van der Waals surface area contributed by atoms with Crippen LogP contribution in [0, 0.1) is 0 Å².